The minimum atomic E-state index is -0.165. The van der Waals surface area contributed by atoms with Gasteiger partial charge in [-0.25, -0.2) is 9.97 Å². The lowest BCUT2D eigenvalue weighted by atomic mass is 10.2. The fourth-order valence-corrected chi connectivity index (χ4v) is 3.68. The topological polar surface area (TPSA) is 101 Å². The molecular weight excluding hydrogens is 424 g/mol. The number of thiazole rings is 1. The SMILES string of the molecule is COc1ccc(Nc2cc(C)nc(Nc3ccc(NC(=O)c4scnc4C)cc3)n2)cc1. The predicted molar refractivity (Wildman–Crippen MR) is 128 cm³/mol. The van der Waals surface area contributed by atoms with Crippen LogP contribution in [0, 0.1) is 13.8 Å². The number of carbonyl (C=O) groups excluding carboxylic acids is 1. The van der Waals surface area contributed by atoms with Crippen molar-refractivity contribution in [3.05, 3.63) is 76.4 Å². The van der Waals surface area contributed by atoms with Gasteiger partial charge in [0.05, 0.1) is 18.3 Å². The number of aromatic nitrogens is 3. The summed E-state index contributed by atoms with van der Waals surface area (Å²) < 4.78 is 5.19. The molecule has 0 saturated carbocycles. The van der Waals surface area contributed by atoms with Gasteiger partial charge in [-0.15, -0.1) is 11.3 Å². The Kier molecular flexibility index (Phi) is 6.27. The normalized spacial score (nSPS) is 10.5. The van der Waals surface area contributed by atoms with E-state index in [1.54, 1.807) is 12.6 Å². The number of methoxy groups -OCH3 is 1. The Labute approximate surface area is 189 Å². The number of ether oxygens (including phenoxy) is 1. The molecule has 0 aliphatic carbocycles. The maximum Gasteiger partial charge on any atom is 0.267 e. The molecule has 9 heteroatoms. The average Bonchev–Trinajstić information content (AvgIpc) is 3.21. The number of nitrogens with one attached hydrogen (secondary N) is 3. The molecule has 162 valence electrons. The standard InChI is InChI=1S/C23H22N6O2S/c1-14-12-20(26-16-8-10-19(31-3)11-9-16)29-23(25-14)28-18-6-4-17(5-7-18)27-22(30)21-15(2)24-13-32-21/h4-13H,1-3H3,(H,27,30)(H2,25,26,28,29). The molecule has 2 aromatic carbocycles. The van der Waals surface area contributed by atoms with Gasteiger partial charge in [-0.2, -0.15) is 4.98 Å². The molecule has 0 aliphatic rings. The van der Waals surface area contributed by atoms with E-state index in [2.05, 4.69) is 30.9 Å². The van der Waals surface area contributed by atoms with Crippen molar-refractivity contribution in [2.75, 3.05) is 23.1 Å². The first kappa shape index (κ1) is 21.3. The highest BCUT2D eigenvalue weighted by Gasteiger charge is 2.12. The summed E-state index contributed by atoms with van der Waals surface area (Å²) in [6.45, 7) is 3.73. The number of carbonyl (C=O) groups is 1. The van der Waals surface area contributed by atoms with Gasteiger partial charge in [0.25, 0.3) is 5.91 Å². The molecule has 4 rings (SSSR count). The fraction of sp³-hybridized carbons (Fsp3) is 0.130. The van der Waals surface area contributed by atoms with Gasteiger partial charge < -0.3 is 20.7 Å². The van der Waals surface area contributed by atoms with Crippen LogP contribution in [-0.2, 0) is 0 Å². The van der Waals surface area contributed by atoms with Crippen molar-refractivity contribution in [2.45, 2.75) is 13.8 Å². The van der Waals surface area contributed by atoms with E-state index >= 15 is 0 Å². The Morgan fingerprint density at radius 2 is 1.56 bits per heavy atom. The number of aryl methyl sites for hydroxylation is 2. The van der Waals surface area contributed by atoms with E-state index in [1.807, 2.05) is 68.4 Å². The molecule has 0 bridgehead atoms. The van der Waals surface area contributed by atoms with Crippen LogP contribution in [0.2, 0.25) is 0 Å². The number of amides is 1. The highest BCUT2D eigenvalue weighted by Crippen LogP contribution is 2.22. The smallest absolute Gasteiger partial charge is 0.267 e. The zero-order chi connectivity index (χ0) is 22.5. The fourth-order valence-electron chi connectivity index (χ4n) is 2.98. The lowest BCUT2D eigenvalue weighted by Gasteiger charge is -2.11. The Morgan fingerprint density at radius 3 is 2.22 bits per heavy atom. The van der Waals surface area contributed by atoms with Gasteiger partial charge in [-0.3, -0.25) is 4.79 Å². The third kappa shape index (κ3) is 5.19. The summed E-state index contributed by atoms with van der Waals surface area (Å²) >= 11 is 1.32. The second-order valence-electron chi connectivity index (χ2n) is 7.00. The number of benzene rings is 2. The van der Waals surface area contributed by atoms with Crippen molar-refractivity contribution in [1.82, 2.24) is 15.0 Å². The minimum absolute atomic E-state index is 0.165. The van der Waals surface area contributed by atoms with Crippen LogP contribution in [0.25, 0.3) is 0 Å². The zero-order valence-electron chi connectivity index (χ0n) is 17.8. The van der Waals surface area contributed by atoms with Gasteiger partial charge in [0.15, 0.2) is 0 Å². The van der Waals surface area contributed by atoms with Gasteiger partial charge in [0, 0.05) is 28.8 Å². The lowest BCUT2D eigenvalue weighted by Crippen LogP contribution is -2.11. The summed E-state index contributed by atoms with van der Waals surface area (Å²) in [6.07, 6.45) is 0. The van der Waals surface area contributed by atoms with E-state index < -0.39 is 0 Å². The van der Waals surface area contributed by atoms with Crippen LogP contribution in [-0.4, -0.2) is 28.0 Å². The van der Waals surface area contributed by atoms with Gasteiger partial charge in [0.2, 0.25) is 5.95 Å². The summed E-state index contributed by atoms with van der Waals surface area (Å²) in [4.78, 5) is 26.1. The van der Waals surface area contributed by atoms with Gasteiger partial charge >= 0.3 is 0 Å². The molecule has 0 aliphatic heterocycles. The van der Waals surface area contributed by atoms with Gasteiger partial charge in [-0.1, -0.05) is 0 Å². The van der Waals surface area contributed by atoms with E-state index in [0.29, 0.717) is 22.3 Å². The zero-order valence-corrected chi connectivity index (χ0v) is 18.7. The highest BCUT2D eigenvalue weighted by molar-refractivity contribution is 7.12. The first-order valence-electron chi connectivity index (χ1n) is 9.85. The predicted octanol–water partition coefficient (Wildman–Crippen LogP) is 5.30. The minimum Gasteiger partial charge on any atom is -0.497 e. The molecule has 0 radical (unpaired) electrons. The molecular formula is C23H22N6O2S. The molecule has 0 unspecified atom stereocenters. The lowest BCUT2D eigenvalue weighted by molar-refractivity contribution is 0.103. The summed E-state index contributed by atoms with van der Waals surface area (Å²) in [6, 6.07) is 16.8. The molecule has 4 aromatic rings. The number of hydrogen-bond acceptors (Lipinski definition) is 8. The molecule has 2 heterocycles. The van der Waals surface area contributed by atoms with Crippen molar-refractivity contribution >= 4 is 46.1 Å². The van der Waals surface area contributed by atoms with E-state index in [-0.39, 0.29) is 5.91 Å². The summed E-state index contributed by atoms with van der Waals surface area (Å²) in [5.74, 6) is 1.77. The van der Waals surface area contributed by atoms with Crippen molar-refractivity contribution in [3.63, 3.8) is 0 Å². The molecule has 8 nitrogen and oxygen atoms in total. The monoisotopic (exact) mass is 446 g/mol. The van der Waals surface area contributed by atoms with Crippen molar-refractivity contribution in [1.29, 1.82) is 0 Å². The Balaban J connectivity index is 1.43. The van der Waals surface area contributed by atoms with E-state index in [1.165, 1.54) is 11.3 Å². The van der Waals surface area contributed by atoms with Crippen LogP contribution >= 0.6 is 11.3 Å². The van der Waals surface area contributed by atoms with Crippen LogP contribution < -0.4 is 20.7 Å². The number of rotatable bonds is 7. The molecule has 0 fully saturated rings. The molecule has 0 atom stereocenters. The maximum absolute atomic E-state index is 12.3. The third-order valence-electron chi connectivity index (χ3n) is 4.57. The van der Waals surface area contributed by atoms with Crippen LogP contribution in [0.3, 0.4) is 0 Å². The maximum atomic E-state index is 12.3. The molecule has 3 N–H and O–H groups in total. The number of hydrogen-bond donors (Lipinski definition) is 3. The Bertz CT molecular complexity index is 1220. The van der Waals surface area contributed by atoms with Crippen molar-refractivity contribution < 1.29 is 9.53 Å². The summed E-state index contributed by atoms with van der Waals surface area (Å²) in [7, 11) is 1.64. The molecule has 0 spiro atoms. The first-order valence-corrected chi connectivity index (χ1v) is 10.7. The van der Waals surface area contributed by atoms with Crippen LogP contribution in [0.1, 0.15) is 21.1 Å². The van der Waals surface area contributed by atoms with Crippen molar-refractivity contribution in [3.8, 4) is 5.75 Å². The summed E-state index contributed by atoms with van der Waals surface area (Å²) in [5, 5.41) is 9.36. The van der Waals surface area contributed by atoms with Crippen molar-refractivity contribution in [2.24, 2.45) is 0 Å². The average molecular weight is 447 g/mol. The molecule has 0 saturated heterocycles. The highest BCUT2D eigenvalue weighted by atomic mass is 32.1. The Hall–Kier alpha value is -3.98. The second kappa shape index (κ2) is 9.44. The molecule has 2 aromatic heterocycles. The van der Waals surface area contributed by atoms with E-state index in [9.17, 15) is 4.79 Å². The quantitative estimate of drug-likeness (QED) is 0.354. The number of anilines is 5. The molecule has 32 heavy (non-hydrogen) atoms. The largest absolute Gasteiger partial charge is 0.497 e. The Morgan fingerprint density at radius 1 is 0.906 bits per heavy atom. The van der Waals surface area contributed by atoms with Gasteiger partial charge in [0.1, 0.15) is 16.4 Å². The third-order valence-corrected chi connectivity index (χ3v) is 5.49. The number of nitrogens with zero attached hydrogens (tertiary/aromatic N) is 3. The van der Waals surface area contributed by atoms with Gasteiger partial charge in [-0.05, 0) is 62.4 Å². The first-order chi connectivity index (χ1) is 15.5. The second-order valence-corrected chi connectivity index (χ2v) is 7.85. The van der Waals surface area contributed by atoms with E-state index in [4.69, 9.17) is 4.74 Å². The molecule has 1 amide bonds. The summed E-state index contributed by atoms with van der Waals surface area (Å²) in [5.41, 5.74) is 5.60. The van der Waals surface area contributed by atoms with Crippen LogP contribution in [0.5, 0.6) is 5.75 Å². The van der Waals surface area contributed by atoms with Crippen LogP contribution in [0.4, 0.5) is 28.8 Å². The van der Waals surface area contributed by atoms with E-state index in [0.717, 1.165) is 28.5 Å². The van der Waals surface area contributed by atoms with Crippen LogP contribution in [0.15, 0.2) is 60.1 Å².